The van der Waals surface area contributed by atoms with E-state index in [1.165, 1.54) is 0 Å². The second-order valence-electron chi connectivity index (χ2n) is 7.05. The Morgan fingerprint density at radius 1 is 1.31 bits per heavy atom. The molecular formula is C20H21N3O3. The molecule has 0 unspecified atom stereocenters. The molecule has 3 aromatic rings. The first-order valence-electron chi connectivity index (χ1n) is 8.46. The molecule has 0 radical (unpaired) electrons. The van der Waals surface area contributed by atoms with Crippen LogP contribution < -0.4 is 20.7 Å². The van der Waals surface area contributed by atoms with Gasteiger partial charge in [0.1, 0.15) is 17.1 Å². The summed E-state index contributed by atoms with van der Waals surface area (Å²) in [6.07, 6.45) is 0.519. The van der Waals surface area contributed by atoms with Crippen molar-refractivity contribution >= 4 is 27.5 Å². The molecule has 0 bridgehead atoms. The van der Waals surface area contributed by atoms with Gasteiger partial charge in [-0.2, -0.15) is 5.10 Å². The van der Waals surface area contributed by atoms with Crippen molar-refractivity contribution in [2.45, 2.75) is 25.9 Å². The van der Waals surface area contributed by atoms with Crippen LogP contribution in [-0.4, -0.2) is 23.0 Å². The molecule has 134 valence electrons. The average molecular weight is 351 g/mol. The van der Waals surface area contributed by atoms with Crippen LogP contribution in [0.2, 0.25) is 0 Å². The molecule has 4 rings (SSSR count). The minimum atomic E-state index is -0.615. The van der Waals surface area contributed by atoms with E-state index in [4.69, 9.17) is 15.3 Å². The van der Waals surface area contributed by atoms with Gasteiger partial charge in [-0.05, 0) is 26.0 Å². The molecule has 1 aliphatic rings. The van der Waals surface area contributed by atoms with E-state index in [2.05, 4.69) is 5.10 Å². The molecule has 1 aliphatic heterocycles. The molecular weight excluding hydrogens is 330 g/mol. The quantitative estimate of drug-likeness (QED) is 0.415. The summed E-state index contributed by atoms with van der Waals surface area (Å²) in [5, 5.41) is 5.14. The number of hydrogen-bond donors (Lipinski definition) is 1. The Hall–Kier alpha value is -3.02. The zero-order valence-corrected chi connectivity index (χ0v) is 15.3. The second kappa shape index (κ2) is 5.49. The van der Waals surface area contributed by atoms with E-state index in [0.29, 0.717) is 28.7 Å². The fourth-order valence-corrected chi connectivity index (χ4v) is 3.80. The molecule has 2 aromatic carbocycles. The van der Waals surface area contributed by atoms with Gasteiger partial charge in [-0.15, -0.1) is 0 Å². The summed E-state index contributed by atoms with van der Waals surface area (Å²) in [5.74, 6) is 6.81. The predicted molar refractivity (Wildman–Crippen MR) is 103 cm³/mol. The third-order valence-corrected chi connectivity index (χ3v) is 5.18. The number of pyridine rings is 1. The smallest absolute Gasteiger partial charge is 0.200 e. The van der Waals surface area contributed by atoms with Gasteiger partial charge in [0.05, 0.1) is 29.2 Å². The number of aromatic nitrogens is 1. The van der Waals surface area contributed by atoms with Gasteiger partial charge in [-0.3, -0.25) is 4.79 Å². The maximum atomic E-state index is 13.2. The van der Waals surface area contributed by atoms with Gasteiger partial charge in [-0.25, -0.2) is 0 Å². The van der Waals surface area contributed by atoms with E-state index < -0.39 is 5.60 Å². The van der Waals surface area contributed by atoms with Crippen LogP contribution in [0, 0.1) is 0 Å². The maximum absolute atomic E-state index is 13.2. The fourth-order valence-electron chi connectivity index (χ4n) is 3.80. The summed E-state index contributed by atoms with van der Waals surface area (Å²) in [6.45, 7) is 3.86. The van der Waals surface area contributed by atoms with E-state index in [1.807, 2.05) is 49.7 Å². The van der Waals surface area contributed by atoms with E-state index in [-0.39, 0.29) is 5.43 Å². The first-order chi connectivity index (χ1) is 12.4. The lowest BCUT2D eigenvalue weighted by Crippen LogP contribution is -2.43. The zero-order valence-electron chi connectivity index (χ0n) is 15.3. The first-order valence-corrected chi connectivity index (χ1v) is 8.46. The second-order valence-corrected chi connectivity index (χ2v) is 7.05. The number of benzene rings is 2. The monoisotopic (exact) mass is 351 g/mol. The Labute approximate surface area is 150 Å². The van der Waals surface area contributed by atoms with Crippen molar-refractivity contribution in [2.24, 2.45) is 18.0 Å². The summed E-state index contributed by atoms with van der Waals surface area (Å²) in [6, 6.07) is 9.36. The lowest BCUT2D eigenvalue weighted by atomic mass is 9.90. The number of hydrogen-bond acceptors (Lipinski definition) is 5. The summed E-state index contributed by atoms with van der Waals surface area (Å²) >= 11 is 0. The number of nitrogens with two attached hydrogens (primary N) is 1. The number of fused-ring (bicyclic) bond motifs is 4. The fraction of sp³-hybridized carbons (Fsp3) is 0.300. The van der Waals surface area contributed by atoms with E-state index in [0.717, 1.165) is 22.3 Å². The van der Waals surface area contributed by atoms with Crippen molar-refractivity contribution in [1.29, 1.82) is 0 Å². The lowest BCUT2D eigenvalue weighted by molar-refractivity contribution is 0.170. The highest BCUT2D eigenvalue weighted by Gasteiger charge is 2.36. The van der Waals surface area contributed by atoms with Gasteiger partial charge in [0, 0.05) is 30.5 Å². The molecule has 2 heterocycles. The molecule has 6 heteroatoms. The predicted octanol–water partition coefficient (Wildman–Crippen LogP) is 2.73. The highest BCUT2D eigenvalue weighted by Crippen LogP contribution is 2.40. The van der Waals surface area contributed by atoms with Gasteiger partial charge in [0.15, 0.2) is 0 Å². The first kappa shape index (κ1) is 16.4. The molecule has 6 nitrogen and oxygen atoms in total. The molecule has 0 fully saturated rings. The standard InChI is InChI=1S/C20H21N3O3/c1-20(2)16(22-21)9-12-14(26-20)10-15(25-4)17-18(12)23(3)13-8-6-5-7-11(13)19(17)24/h5-8,10H,9,21H2,1-4H3/b22-16-. The van der Waals surface area contributed by atoms with Gasteiger partial charge in [-0.1, -0.05) is 12.1 Å². The van der Waals surface area contributed by atoms with Crippen LogP contribution in [0.3, 0.4) is 0 Å². The zero-order chi connectivity index (χ0) is 18.6. The Morgan fingerprint density at radius 2 is 2.04 bits per heavy atom. The molecule has 26 heavy (non-hydrogen) atoms. The minimum Gasteiger partial charge on any atom is -0.496 e. The van der Waals surface area contributed by atoms with Crippen LogP contribution in [0.5, 0.6) is 11.5 Å². The molecule has 0 spiro atoms. The third kappa shape index (κ3) is 2.11. The molecule has 0 aliphatic carbocycles. The number of nitrogens with zero attached hydrogens (tertiary/aromatic N) is 2. The number of para-hydroxylation sites is 1. The molecule has 0 atom stereocenters. The summed E-state index contributed by atoms with van der Waals surface area (Å²) < 4.78 is 13.7. The maximum Gasteiger partial charge on any atom is 0.200 e. The Morgan fingerprint density at radius 3 is 2.73 bits per heavy atom. The van der Waals surface area contributed by atoms with Crippen molar-refractivity contribution < 1.29 is 9.47 Å². The minimum absolute atomic E-state index is 0.0515. The number of methoxy groups -OCH3 is 1. The largest absolute Gasteiger partial charge is 0.496 e. The number of aryl methyl sites for hydroxylation is 1. The van der Waals surface area contributed by atoms with Crippen LogP contribution >= 0.6 is 0 Å². The SMILES string of the molecule is COc1cc2c(c3c1c(=O)c1ccccc1n3C)C/C(=N/N)C(C)(C)O2. The molecule has 0 saturated carbocycles. The van der Waals surface area contributed by atoms with E-state index in [9.17, 15) is 4.79 Å². The average Bonchev–Trinajstić information content (AvgIpc) is 2.63. The highest BCUT2D eigenvalue weighted by atomic mass is 16.5. The number of hydrazone groups is 1. The van der Waals surface area contributed by atoms with Crippen molar-refractivity contribution in [3.8, 4) is 11.5 Å². The highest BCUT2D eigenvalue weighted by molar-refractivity contribution is 6.04. The lowest BCUT2D eigenvalue weighted by Gasteiger charge is -2.34. The van der Waals surface area contributed by atoms with Crippen molar-refractivity contribution in [3.63, 3.8) is 0 Å². The van der Waals surface area contributed by atoms with Crippen molar-refractivity contribution in [1.82, 2.24) is 4.57 Å². The summed E-state index contributed by atoms with van der Waals surface area (Å²) in [4.78, 5) is 13.2. The van der Waals surface area contributed by atoms with Gasteiger partial charge in [0.2, 0.25) is 5.43 Å². The molecule has 0 amide bonds. The van der Waals surface area contributed by atoms with Gasteiger partial charge >= 0.3 is 0 Å². The summed E-state index contributed by atoms with van der Waals surface area (Å²) in [7, 11) is 3.51. The van der Waals surface area contributed by atoms with Gasteiger partial charge in [0.25, 0.3) is 0 Å². The number of rotatable bonds is 1. The van der Waals surface area contributed by atoms with Crippen LogP contribution in [0.25, 0.3) is 21.8 Å². The Kier molecular flexibility index (Phi) is 3.47. The third-order valence-electron chi connectivity index (χ3n) is 5.18. The van der Waals surface area contributed by atoms with E-state index in [1.54, 1.807) is 13.2 Å². The Bertz CT molecular complexity index is 1140. The van der Waals surface area contributed by atoms with Crippen LogP contribution in [-0.2, 0) is 13.5 Å². The number of ether oxygens (including phenoxy) is 2. The van der Waals surface area contributed by atoms with Crippen LogP contribution in [0.4, 0.5) is 0 Å². The molecule has 0 saturated heterocycles. The van der Waals surface area contributed by atoms with Crippen LogP contribution in [0.1, 0.15) is 19.4 Å². The molecule has 2 N–H and O–H groups in total. The summed E-state index contributed by atoms with van der Waals surface area (Å²) in [5.41, 5.74) is 2.61. The molecule has 1 aromatic heterocycles. The van der Waals surface area contributed by atoms with Crippen molar-refractivity contribution in [2.75, 3.05) is 7.11 Å². The Balaban J connectivity index is 2.22. The van der Waals surface area contributed by atoms with E-state index >= 15 is 0 Å². The normalized spacial score (nSPS) is 17.3. The van der Waals surface area contributed by atoms with Crippen LogP contribution in [0.15, 0.2) is 40.2 Å². The topological polar surface area (TPSA) is 78.8 Å². The van der Waals surface area contributed by atoms with Gasteiger partial charge < -0.3 is 19.9 Å². The van der Waals surface area contributed by atoms with Crippen molar-refractivity contribution in [3.05, 3.63) is 46.1 Å².